The normalized spacial score (nSPS) is 14.2. The molecular weight excluding hydrogens is 357 g/mol. The molecule has 2 bridgehead atoms. The number of ether oxygens (including phenoxy) is 2. The topological polar surface area (TPSA) is 86.3 Å². The van der Waals surface area contributed by atoms with Gasteiger partial charge < -0.3 is 28.9 Å². The smallest absolute Gasteiger partial charge is 0.357 e. The minimum Gasteiger partial charge on any atom is -0.508 e. The number of benzene rings is 2. The summed E-state index contributed by atoms with van der Waals surface area (Å²) < 4.78 is 35.5. The van der Waals surface area contributed by atoms with Crippen molar-refractivity contribution in [2.24, 2.45) is 0 Å². The third-order valence-corrected chi connectivity index (χ3v) is 6.10. The van der Waals surface area contributed by atoms with Crippen LogP contribution in [-0.2, 0) is 13.6 Å². The van der Waals surface area contributed by atoms with Gasteiger partial charge in [-0.15, -0.1) is 0 Å². The molecule has 8 heteroatoms. The molecule has 2 N–H and O–H groups in total. The van der Waals surface area contributed by atoms with Crippen molar-refractivity contribution in [3.63, 3.8) is 0 Å². The molecule has 0 saturated heterocycles. The zero-order valence-corrected chi connectivity index (χ0v) is 15.6. The van der Waals surface area contributed by atoms with Gasteiger partial charge in [-0.05, 0) is 50.2 Å². The van der Waals surface area contributed by atoms with E-state index in [0.717, 1.165) is 0 Å². The SMILES string of the molecule is CCOP(=O)(OCC)C(Nc1ccc(O)cc1)c1ccc2cc1OCO2. The Hall–Kier alpha value is -2.21. The Morgan fingerprint density at radius 1 is 1.12 bits per heavy atom. The first-order valence-electron chi connectivity index (χ1n) is 8.39. The molecule has 0 saturated carbocycles. The number of hydrogen-bond donors (Lipinski definition) is 2. The van der Waals surface area contributed by atoms with Crippen LogP contribution in [0.25, 0.3) is 0 Å². The van der Waals surface area contributed by atoms with Crippen LogP contribution in [-0.4, -0.2) is 25.1 Å². The van der Waals surface area contributed by atoms with Crippen molar-refractivity contribution in [2.75, 3.05) is 25.3 Å². The number of phenolic OH excluding ortho intramolecular Hbond substituents is 1. The van der Waals surface area contributed by atoms with E-state index in [1.54, 1.807) is 56.3 Å². The van der Waals surface area contributed by atoms with Crippen LogP contribution in [0.2, 0.25) is 0 Å². The summed E-state index contributed by atoms with van der Waals surface area (Å²) in [7, 11) is -3.55. The molecule has 26 heavy (non-hydrogen) atoms. The van der Waals surface area contributed by atoms with Gasteiger partial charge in [0.05, 0.1) is 13.2 Å². The van der Waals surface area contributed by atoms with Crippen molar-refractivity contribution >= 4 is 13.3 Å². The van der Waals surface area contributed by atoms with Gasteiger partial charge in [-0.2, -0.15) is 0 Å². The van der Waals surface area contributed by atoms with Crippen molar-refractivity contribution in [1.82, 2.24) is 0 Å². The zero-order chi connectivity index (χ0) is 18.6. The van der Waals surface area contributed by atoms with Crippen molar-refractivity contribution in [3.05, 3.63) is 48.0 Å². The number of hydrogen-bond acceptors (Lipinski definition) is 7. The van der Waals surface area contributed by atoms with E-state index < -0.39 is 13.4 Å². The number of aromatic hydroxyl groups is 1. The summed E-state index contributed by atoms with van der Waals surface area (Å²) in [6.07, 6.45) is 0. The number of phenols is 1. The Labute approximate surface area is 152 Å². The third-order valence-electron chi connectivity index (χ3n) is 3.82. The van der Waals surface area contributed by atoms with E-state index in [1.807, 2.05) is 0 Å². The third kappa shape index (κ3) is 3.96. The van der Waals surface area contributed by atoms with E-state index in [4.69, 9.17) is 18.5 Å². The van der Waals surface area contributed by atoms with Crippen LogP contribution in [0.1, 0.15) is 25.2 Å². The molecule has 2 aromatic carbocycles. The van der Waals surface area contributed by atoms with Gasteiger partial charge in [0.2, 0.25) is 6.79 Å². The Kier molecular flexibility index (Phi) is 5.71. The highest BCUT2D eigenvalue weighted by atomic mass is 31.2. The van der Waals surface area contributed by atoms with Crippen LogP contribution in [0.15, 0.2) is 42.5 Å². The predicted molar refractivity (Wildman–Crippen MR) is 97.9 cm³/mol. The van der Waals surface area contributed by atoms with E-state index in [9.17, 15) is 9.67 Å². The summed E-state index contributed by atoms with van der Waals surface area (Å²) in [6, 6.07) is 11.8. The Balaban J connectivity index is 2.03. The molecule has 0 amide bonds. The van der Waals surface area contributed by atoms with E-state index in [0.29, 0.717) is 22.7 Å². The van der Waals surface area contributed by atoms with Gasteiger partial charge in [-0.1, -0.05) is 0 Å². The first-order chi connectivity index (χ1) is 12.6. The fourth-order valence-electron chi connectivity index (χ4n) is 2.71. The highest BCUT2D eigenvalue weighted by Gasteiger charge is 2.39. The average Bonchev–Trinajstić information content (AvgIpc) is 2.63. The second kappa shape index (κ2) is 7.99. The summed E-state index contributed by atoms with van der Waals surface area (Å²) in [5.74, 6) is 0.601. The van der Waals surface area contributed by atoms with E-state index in [1.165, 1.54) is 0 Å². The van der Waals surface area contributed by atoms with Crippen LogP contribution >= 0.6 is 7.60 Å². The Morgan fingerprint density at radius 2 is 1.81 bits per heavy atom. The maximum atomic E-state index is 13.5. The number of rotatable bonds is 8. The summed E-state index contributed by atoms with van der Waals surface area (Å²) >= 11 is 0. The van der Waals surface area contributed by atoms with Gasteiger partial charge in [-0.25, -0.2) is 0 Å². The van der Waals surface area contributed by atoms with Gasteiger partial charge in [0.25, 0.3) is 0 Å². The number of nitrogens with one attached hydrogen (secondary N) is 1. The van der Waals surface area contributed by atoms with Gasteiger partial charge in [0.1, 0.15) is 17.2 Å². The van der Waals surface area contributed by atoms with Crippen molar-refractivity contribution in [2.45, 2.75) is 19.6 Å². The van der Waals surface area contributed by atoms with Crippen LogP contribution in [0, 0.1) is 0 Å². The molecule has 2 aromatic rings. The zero-order valence-electron chi connectivity index (χ0n) is 14.7. The Bertz CT molecular complexity index is 785. The lowest BCUT2D eigenvalue weighted by atomic mass is 10.1. The van der Waals surface area contributed by atoms with E-state index in [-0.39, 0.29) is 25.8 Å². The molecule has 0 fully saturated rings. The average molecular weight is 379 g/mol. The molecule has 1 unspecified atom stereocenters. The molecule has 0 aromatic heterocycles. The standard InChI is InChI=1S/C18H22NO6P/c1-3-24-26(21,25-4-2)18(19-13-5-7-14(20)8-6-13)16-10-9-15-11-17(16)23-12-22-15/h5-11,18-20H,3-4,12H2,1-2H3. The molecule has 1 heterocycles. The minimum absolute atomic E-state index is 0.0918. The predicted octanol–water partition coefficient (Wildman–Crippen LogP) is 4.50. The summed E-state index contributed by atoms with van der Waals surface area (Å²) in [6.45, 7) is 4.10. The van der Waals surface area contributed by atoms with Gasteiger partial charge in [0, 0.05) is 17.3 Å². The summed E-state index contributed by atoms with van der Waals surface area (Å²) in [4.78, 5) is 0. The second-order valence-electron chi connectivity index (χ2n) is 5.58. The molecule has 0 spiro atoms. The van der Waals surface area contributed by atoms with Crippen LogP contribution in [0.3, 0.4) is 0 Å². The minimum atomic E-state index is -3.55. The summed E-state index contributed by atoms with van der Waals surface area (Å²) in [5.41, 5.74) is 1.31. The molecule has 3 rings (SSSR count). The van der Waals surface area contributed by atoms with E-state index in [2.05, 4.69) is 5.32 Å². The quantitative estimate of drug-likeness (QED) is 0.516. The maximum Gasteiger partial charge on any atom is 0.357 e. The monoisotopic (exact) mass is 379 g/mol. The lowest BCUT2D eigenvalue weighted by Gasteiger charge is -2.30. The first kappa shape index (κ1) is 18.6. The van der Waals surface area contributed by atoms with Gasteiger partial charge in [-0.3, -0.25) is 4.57 Å². The van der Waals surface area contributed by atoms with E-state index >= 15 is 0 Å². The highest BCUT2D eigenvalue weighted by molar-refractivity contribution is 7.54. The van der Waals surface area contributed by atoms with Crippen LogP contribution in [0.4, 0.5) is 5.69 Å². The van der Waals surface area contributed by atoms with Gasteiger partial charge in [0.15, 0.2) is 5.78 Å². The lowest BCUT2D eigenvalue weighted by Crippen LogP contribution is -2.19. The maximum absolute atomic E-state index is 13.5. The number of anilines is 1. The Morgan fingerprint density at radius 3 is 2.46 bits per heavy atom. The molecular formula is C18H22NO6P. The van der Waals surface area contributed by atoms with Crippen molar-refractivity contribution in [3.8, 4) is 17.2 Å². The molecule has 0 aliphatic carbocycles. The van der Waals surface area contributed by atoms with Crippen molar-refractivity contribution in [1.29, 1.82) is 0 Å². The second-order valence-corrected chi connectivity index (χ2v) is 7.69. The highest BCUT2D eigenvalue weighted by Crippen LogP contribution is 2.62. The summed E-state index contributed by atoms with van der Waals surface area (Å²) in [5, 5.41) is 12.7. The van der Waals surface area contributed by atoms with Crippen LogP contribution in [0.5, 0.6) is 17.2 Å². The fourth-order valence-corrected chi connectivity index (χ4v) is 4.66. The largest absolute Gasteiger partial charge is 0.508 e. The van der Waals surface area contributed by atoms with Crippen LogP contribution < -0.4 is 14.8 Å². The molecule has 1 aliphatic rings. The molecule has 1 atom stereocenters. The molecule has 0 radical (unpaired) electrons. The van der Waals surface area contributed by atoms with Gasteiger partial charge >= 0.3 is 7.60 Å². The van der Waals surface area contributed by atoms with Crippen molar-refractivity contribution < 1.29 is 28.2 Å². The fraction of sp³-hybridized carbons (Fsp3) is 0.333. The first-order valence-corrected chi connectivity index (χ1v) is 10.0. The number of fused-ring (bicyclic) bond motifs is 2. The molecule has 1 aliphatic heterocycles. The lowest BCUT2D eigenvalue weighted by molar-refractivity contribution is 0.104. The molecule has 140 valence electrons. The molecule has 7 nitrogen and oxygen atoms in total.